The molecule has 5 heteroatoms. The Kier molecular flexibility index (Phi) is 4.85. The van der Waals surface area contributed by atoms with Gasteiger partial charge < -0.3 is 9.84 Å². The van der Waals surface area contributed by atoms with Gasteiger partial charge in [0.25, 0.3) is 0 Å². The first-order chi connectivity index (χ1) is 14.5. The van der Waals surface area contributed by atoms with E-state index in [0.29, 0.717) is 16.3 Å². The van der Waals surface area contributed by atoms with Crippen LogP contribution in [0.25, 0.3) is 0 Å². The molecule has 0 unspecified atom stereocenters. The third-order valence-corrected chi connectivity index (χ3v) is 7.70. The summed E-state index contributed by atoms with van der Waals surface area (Å²) in [4.78, 5) is 16.2. The Hall–Kier alpha value is -2.33. The average molecular weight is 424 g/mol. The van der Waals surface area contributed by atoms with Crippen LogP contribution in [0.2, 0.25) is 5.02 Å². The minimum absolute atomic E-state index is 0.226. The van der Waals surface area contributed by atoms with Gasteiger partial charge >= 0.3 is 5.97 Å². The molecule has 0 heterocycles. The largest absolute Gasteiger partial charge is 0.507 e. The lowest BCUT2D eigenvalue weighted by atomic mass is 9.48. The SMILES string of the molecule is COC(=O)c1ccc(N=Cc2cc(C34CC5CC(CC(C5)C3)C4)ccc2O)cc1Cl. The third-order valence-electron chi connectivity index (χ3n) is 7.39. The first-order valence-electron chi connectivity index (χ1n) is 10.7. The fourth-order valence-electron chi connectivity index (χ4n) is 6.46. The standard InChI is InChI=1S/C25H26ClNO3/c1-30-24(29)21-4-3-20(10-22(21)26)27-14-18-9-19(2-5-23(18)28)25-11-15-6-16(12-25)8-17(7-15)13-25/h2-5,9-10,14-17,28H,6-8,11-13H2,1H3. The molecule has 2 aromatic rings. The Morgan fingerprint density at radius 3 is 2.37 bits per heavy atom. The number of methoxy groups -OCH3 is 1. The Morgan fingerprint density at radius 2 is 1.77 bits per heavy atom. The minimum atomic E-state index is -0.476. The molecule has 0 saturated heterocycles. The fourth-order valence-corrected chi connectivity index (χ4v) is 6.71. The highest BCUT2D eigenvalue weighted by atomic mass is 35.5. The van der Waals surface area contributed by atoms with E-state index in [2.05, 4.69) is 17.1 Å². The van der Waals surface area contributed by atoms with E-state index in [0.717, 1.165) is 23.3 Å². The van der Waals surface area contributed by atoms with Gasteiger partial charge in [-0.1, -0.05) is 17.7 Å². The number of rotatable bonds is 4. The number of nitrogens with zero attached hydrogens (tertiary/aromatic N) is 1. The minimum Gasteiger partial charge on any atom is -0.507 e. The monoisotopic (exact) mass is 423 g/mol. The van der Waals surface area contributed by atoms with Crippen molar-refractivity contribution in [2.24, 2.45) is 22.7 Å². The van der Waals surface area contributed by atoms with E-state index in [1.54, 1.807) is 24.4 Å². The summed E-state index contributed by atoms with van der Waals surface area (Å²) in [5, 5.41) is 10.7. The van der Waals surface area contributed by atoms with Crippen LogP contribution in [0.15, 0.2) is 41.4 Å². The Balaban J connectivity index is 1.42. The van der Waals surface area contributed by atoms with Gasteiger partial charge in [0.2, 0.25) is 0 Å². The number of hydrogen-bond acceptors (Lipinski definition) is 4. The zero-order valence-electron chi connectivity index (χ0n) is 17.1. The van der Waals surface area contributed by atoms with Crippen molar-refractivity contribution in [2.45, 2.75) is 43.9 Å². The van der Waals surface area contributed by atoms with Crippen molar-refractivity contribution in [3.8, 4) is 5.75 Å². The van der Waals surface area contributed by atoms with Crippen LogP contribution < -0.4 is 0 Å². The predicted molar refractivity (Wildman–Crippen MR) is 118 cm³/mol. The molecule has 0 aliphatic heterocycles. The van der Waals surface area contributed by atoms with Gasteiger partial charge in [0.05, 0.1) is 23.4 Å². The van der Waals surface area contributed by atoms with Crippen LogP contribution in [0.1, 0.15) is 60.0 Å². The molecule has 0 amide bonds. The Labute approximate surface area is 181 Å². The summed E-state index contributed by atoms with van der Waals surface area (Å²) < 4.78 is 4.72. The summed E-state index contributed by atoms with van der Waals surface area (Å²) >= 11 is 6.19. The van der Waals surface area contributed by atoms with Crippen LogP contribution in [-0.2, 0) is 10.2 Å². The van der Waals surface area contributed by atoms with Gasteiger partial charge in [0.1, 0.15) is 5.75 Å². The van der Waals surface area contributed by atoms with Gasteiger partial charge in [0.15, 0.2) is 0 Å². The molecule has 4 bridgehead atoms. The molecule has 0 radical (unpaired) electrons. The number of esters is 1. The van der Waals surface area contributed by atoms with E-state index in [-0.39, 0.29) is 11.2 Å². The van der Waals surface area contributed by atoms with E-state index >= 15 is 0 Å². The number of benzene rings is 2. The molecular formula is C25H26ClNO3. The van der Waals surface area contributed by atoms with Crippen LogP contribution in [-0.4, -0.2) is 24.4 Å². The van der Waals surface area contributed by atoms with E-state index in [1.165, 1.54) is 51.2 Å². The Morgan fingerprint density at radius 1 is 1.10 bits per heavy atom. The molecular weight excluding hydrogens is 398 g/mol. The number of aliphatic imine (C=N–C) groups is 1. The van der Waals surface area contributed by atoms with Gasteiger partial charge in [-0.05, 0) is 97.6 Å². The summed E-state index contributed by atoms with van der Waals surface area (Å²) in [7, 11) is 1.32. The van der Waals surface area contributed by atoms with Crippen molar-refractivity contribution >= 4 is 29.5 Å². The van der Waals surface area contributed by atoms with E-state index in [1.807, 2.05) is 6.07 Å². The van der Waals surface area contributed by atoms with Crippen LogP contribution >= 0.6 is 11.6 Å². The molecule has 0 aromatic heterocycles. The molecule has 6 rings (SSSR count). The average Bonchev–Trinajstić information content (AvgIpc) is 2.71. The molecule has 4 aliphatic carbocycles. The van der Waals surface area contributed by atoms with Crippen molar-refractivity contribution in [3.05, 3.63) is 58.1 Å². The van der Waals surface area contributed by atoms with Crippen molar-refractivity contribution < 1.29 is 14.6 Å². The molecule has 30 heavy (non-hydrogen) atoms. The maximum atomic E-state index is 11.7. The van der Waals surface area contributed by atoms with Crippen LogP contribution in [0, 0.1) is 17.8 Å². The molecule has 1 N–H and O–H groups in total. The number of aromatic hydroxyl groups is 1. The van der Waals surface area contributed by atoms with Crippen molar-refractivity contribution in [3.63, 3.8) is 0 Å². The summed E-state index contributed by atoms with van der Waals surface area (Å²) in [6.07, 6.45) is 9.76. The lowest BCUT2D eigenvalue weighted by molar-refractivity contribution is -0.00520. The molecule has 0 atom stereocenters. The predicted octanol–water partition coefficient (Wildman–Crippen LogP) is 6.05. The first-order valence-corrected chi connectivity index (χ1v) is 11.1. The maximum absolute atomic E-state index is 11.7. The van der Waals surface area contributed by atoms with Gasteiger partial charge in [-0.3, -0.25) is 4.99 Å². The van der Waals surface area contributed by atoms with Gasteiger partial charge in [-0.2, -0.15) is 0 Å². The Bertz CT molecular complexity index is 994. The molecule has 0 spiro atoms. The van der Waals surface area contributed by atoms with Crippen LogP contribution in [0.4, 0.5) is 5.69 Å². The summed E-state index contributed by atoms with van der Waals surface area (Å²) in [5.41, 5.74) is 3.27. The summed E-state index contributed by atoms with van der Waals surface area (Å²) in [6, 6.07) is 11.0. The zero-order chi connectivity index (χ0) is 20.9. The highest BCUT2D eigenvalue weighted by Gasteiger charge is 2.51. The molecule has 156 valence electrons. The molecule has 4 fully saturated rings. The van der Waals surface area contributed by atoms with Crippen LogP contribution in [0.5, 0.6) is 5.75 Å². The highest BCUT2D eigenvalue weighted by Crippen LogP contribution is 2.60. The zero-order valence-corrected chi connectivity index (χ0v) is 17.9. The summed E-state index contributed by atoms with van der Waals surface area (Å²) in [6.45, 7) is 0. The van der Waals surface area contributed by atoms with E-state index < -0.39 is 5.97 Å². The van der Waals surface area contributed by atoms with Crippen molar-refractivity contribution in [1.82, 2.24) is 0 Å². The summed E-state index contributed by atoms with van der Waals surface area (Å²) in [5.74, 6) is 2.37. The molecule has 4 aliphatic rings. The second-order valence-corrected chi connectivity index (χ2v) is 9.79. The first kappa shape index (κ1) is 19.6. The van der Waals surface area contributed by atoms with E-state index in [4.69, 9.17) is 16.3 Å². The third kappa shape index (κ3) is 3.41. The molecule has 4 nitrogen and oxygen atoms in total. The number of phenols is 1. The topological polar surface area (TPSA) is 58.9 Å². The smallest absolute Gasteiger partial charge is 0.339 e. The number of ether oxygens (including phenoxy) is 1. The number of phenolic OH excluding ortho intramolecular Hbond substituents is 1. The van der Waals surface area contributed by atoms with E-state index in [9.17, 15) is 9.90 Å². The quantitative estimate of drug-likeness (QED) is 0.481. The lowest BCUT2D eigenvalue weighted by Crippen LogP contribution is -2.48. The normalized spacial score (nSPS) is 29.5. The van der Waals surface area contributed by atoms with Crippen molar-refractivity contribution in [2.75, 3.05) is 7.11 Å². The number of halogens is 1. The van der Waals surface area contributed by atoms with Crippen LogP contribution in [0.3, 0.4) is 0 Å². The maximum Gasteiger partial charge on any atom is 0.339 e. The van der Waals surface area contributed by atoms with Crippen molar-refractivity contribution in [1.29, 1.82) is 0 Å². The van der Waals surface area contributed by atoms with Gasteiger partial charge in [0, 0.05) is 11.8 Å². The second-order valence-electron chi connectivity index (χ2n) is 9.39. The lowest BCUT2D eigenvalue weighted by Gasteiger charge is -2.57. The van der Waals surface area contributed by atoms with Gasteiger partial charge in [-0.25, -0.2) is 4.79 Å². The molecule has 4 saturated carbocycles. The number of hydrogen-bond donors (Lipinski definition) is 1. The van der Waals surface area contributed by atoms with Gasteiger partial charge in [-0.15, -0.1) is 0 Å². The second kappa shape index (κ2) is 7.42. The fraction of sp³-hybridized carbons (Fsp3) is 0.440. The number of carbonyl (C=O) groups is 1. The molecule has 2 aromatic carbocycles. The highest BCUT2D eigenvalue weighted by molar-refractivity contribution is 6.33. The number of carbonyl (C=O) groups excluding carboxylic acids is 1.